The van der Waals surface area contributed by atoms with E-state index >= 15 is 0 Å². The molecule has 0 aliphatic heterocycles. The molecule has 0 saturated carbocycles. The number of sulfonamides is 1. The summed E-state index contributed by atoms with van der Waals surface area (Å²) in [6.45, 7) is 4.06. The monoisotopic (exact) mass is 339 g/mol. The van der Waals surface area contributed by atoms with Crippen LogP contribution in [0.1, 0.15) is 12.5 Å². The van der Waals surface area contributed by atoms with Gasteiger partial charge in [0.15, 0.2) is 0 Å². The van der Waals surface area contributed by atoms with Crippen molar-refractivity contribution in [3.8, 4) is 0 Å². The van der Waals surface area contributed by atoms with E-state index in [1.165, 1.54) is 6.07 Å². The van der Waals surface area contributed by atoms with Crippen LogP contribution in [-0.4, -0.2) is 27.4 Å². The van der Waals surface area contributed by atoms with Crippen molar-refractivity contribution in [1.82, 2.24) is 0 Å². The molecule has 0 radical (unpaired) electrons. The van der Waals surface area contributed by atoms with Crippen LogP contribution < -0.4 is 4.72 Å². The summed E-state index contributed by atoms with van der Waals surface area (Å²) in [5.74, 6) is -0.666. The summed E-state index contributed by atoms with van der Waals surface area (Å²) in [5, 5.41) is 0. The van der Waals surface area contributed by atoms with Crippen molar-refractivity contribution in [2.24, 2.45) is 0 Å². The Morgan fingerprint density at radius 3 is 2.72 bits per heavy atom. The Kier molecular flexibility index (Phi) is 5.55. The SMILES string of the molecule is CCOCCS(=O)(=O)Nc1cc(F)c(Br)cc1C. The number of rotatable bonds is 6. The maximum absolute atomic E-state index is 13.3. The first-order chi connectivity index (χ1) is 8.35. The van der Waals surface area contributed by atoms with Gasteiger partial charge in [-0.25, -0.2) is 12.8 Å². The summed E-state index contributed by atoms with van der Waals surface area (Å²) >= 11 is 3.04. The van der Waals surface area contributed by atoms with E-state index in [1.54, 1.807) is 13.8 Å². The Hall–Kier alpha value is -0.660. The third kappa shape index (κ3) is 4.55. The van der Waals surface area contributed by atoms with Crippen LogP contribution in [0, 0.1) is 12.7 Å². The second-order valence-corrected chi connectivity index (χ2v) is 6.40. The first kappa shape index (κ1) is 15.4. The fraction of sp³-hybridized carbons (Fsp3) is 0.455. The third-order valence-electron chi connectivity index (χ3n) is 2.23. The Bertz CT molecular complexity index is 519. The summed E-state index contributed by atoms with van der Waals surface area (Å²) in [6, 6.07) is 2.67. The molecule has 0 bridgehead atoms. The lowest BCUT2D eigenvalue weighted by molar-refractivity contribution is 0.163. The molecule has 1 aromatic rings. The first-order valence-electron chi connectivity index (χ1n) is 5.39. The molecule has 102 valence electrons. The largest absolute Gasteiger partial charge is 0.381 e. The molecule has 0 aliphatic carbocycles. The molecule has 0 spiro atoms. The van der Waals surface area contributed by atoms with Crippen LogP contribution in [-0.2, 0) is 14.8 Å². The highest BCUT2D eigenvalue weighted by atomic mass is 79.9. The zero-order valence-corrected chi connectivity index (χ0v) is 12.6. The number of anilines is 1. The van der Waals surface area contributed by atoms with Crippen LogP contribution in [0.2, 0.25) is 0 Å². The van der Waals surface area contributed by atoms with Crippen LogP contribution in [0.5, 0.6) is 0 Å². The molecule has 1 rings (SSSR count). The van der Waals surface area contributed by atoms with Gasteiger partial charge in [0.1, 0.15) is 5.82 Å². The highest BCUT2D eigenvalue weighted by molar-refractivity contribution is 9.10. The zero-order chi connectivity index (χ0) is 13.8. The molecule has 0 fully saturated rings. The molecule has 0 aliphatic rings. The summed E-state index contributed by atoms with van der Waals surface area (Å²) in [7, 11) is -3.52. The Labute approximate surface area is 115 Å². The predicted molar refractivity (Wildman–Crippen MR) is 72.7 cm³/mol. The van der Waals surface area contributed by atoms with Crippen molar-refractivity contribution >= 4 is 31.6 Å². The van der Waals surface area contributed by atoms with Crippen LogP contribution in [0.4, 0.5) is 10.1 Å². The topological polar surface area (TPSA) is 55.4 Å². The normalized spacial score (nSPS) is 11.6. The first-order valence-corrected chi connectivity index (χ1v) is 7.84. The quantitative estimate of drug-likeness (QED) is 0.810. The lowest BCUT2D eigenvalue weighted by Crippen LogP contribution is -2.20. The van der Waals surface area contributed by atoms with Gasteiger partial charge in [-0.2, -0.15) is 0 Å². The van der Waals surface area contributed by atoms with Crippen LogP contribution >= 0.6 is 15.9 Å². The minimum atomic E-state index is -3.52. The lowest BCUT2D eigenvalue weighted by Gasteiger charge is -2.11. The van der Waals surface area contributed by atoms with Crippen molar-refractivity contribution < 1.29 is 17.5 Å². The van der Waals surface area contributed by atoms with E-state index in [4.69, 9.17) is 4.74 Å². The second-order valence-electron chi connectivity index (χ2n) is 3.70. The average Bonchev–Trinajstić information content (AvgIpc) is 2.26. The van der Waals surface area contributed by atoms with Gasteiger partial charge in [-0.05, 0) is 47.5 Å². The van der Waals surface area contributed by atoms with Gasteiger partial charge in [0.2, 0.25) is 10.0 Å². The molecule has 0 saturated heterocycles. The predicted octanol–water partition coefficient (Wildman–Crippen LogP) is 2.67. The minimum absolute atomic E-state index is 0.115. The number of halogens is 2. The van der Waals surface area contributed by atoms with Crippen molar-refractivity contribution in [2.45, 2.75) is 13.8 Å². The average molecular weight is 340 g/mol. The number of hydrogen-bond donors (Lipinski definition) is 1. The molecule has 0 heterocycles. The lowest BCUT2D eigenvalue weighted by atomic mass is 10.2. The Morgan fingerprint density at radius 2 is 2.11 bits per heavy atom. The van der Waals surface area contributed by atoms with Gasteiger partial charge < -0.3 is 4.74 Å². The van der Waals surface area contributed by atoms with Crippen molar-refractivity contribution in [3.63, 3.8) is 0 Å². The molecular weight excluding hydrogens is 325 g/mol. The number of ether oxygens (including phenoxy) is 1. The molecule has 1 N–H and O–H groups in total. The fourth-order valence-electron chi connectivity index (χ4n) is 1.29. The highest BCUT2D eigenvalue weighted by Gasteiger charge is 2.13. The molecule has 0 unspecified atom stereocenters. The van der Waals surface area contributed by atoms with E-state index in [1.807, 2.05) is 0 Å². The smallest absolute Gasteiger partial charge is 0.235 e. The van der Waals surface area contributed by atoms with E-state index in [-0.39, 0.29) is 18.0 Å². The van der Waals surface area contributed by atoms with Crippen LogP contribution in [0.3, 0.4) is 0 Å². The van der Waals surface area contributed by atoms with Crippen molar-refractivity contribution in [1.29, 1.82) is 0 Å². The Morgan fingerprint density at radius 1 is 1.44 bits per heavy atom. The number of hydrogen-bond acceptors (Lipinski definition) is 3. The van der Waals surface area contributed by atoms with E-state index < -0.39 is 15.8 Å². The standard InChI is InChI=1S/C11H15BrFNO3S/c1-3-17-4-5-18(15,16)14-11-7-10(13)9(12)6-8(11)2/h6-7,14H,3-5H2,1-2H3. The Balaban J connectivity index is 2.81. The molecule has 0 atom stereocenters. The molecule has 0 amide bonds. The molecule has 0 aromatic heterocycles. The van der Waals surface area contributed by atoms with Gasteiger partial charge in [0.25, 0.3) is 0 Å². The maximum Gasteiger partial charge on any atom is 0.235 e. The van der Waals surface area contributed by atoms with Gasteiger partial charge in [0.05, 0.1) is 22.5 Å². The second kappa shape index (κ2) is 6.49. The number of nitrogens with one attached hydrogen (secondary N) is 1. The van der Waals surface area contributed by atoms with Gasteiger partial charge >= 0.3 is 0 Å². The van der Waals surface area contributed by atoms with Crippen molar-refractivity contribution in [2.75, 3.05) is 23.7 Å². The number of aryl methyl sites for hydroxylation is 1. The van der Waals surface area contributed by atoms with E-state index in [2.05, 4.69) is 20.7 Å². The van der Waals surface area contributed by atoms with E-state index in [9.17, 15) is 12.8 Å². The molecular formula is C11H15BrFNO3S. The third-order valence-corrected chi connectivity index (χ3v) is 4.08. The van der Waals surface area contributed by atoms with Gasteiger partial charge in [0, 0.05) is 6.61 Å². The van der Waals surface area contributed by atoms with E-state index in [0.717, 1.165) is 6.07 Å². The van der Waals surface area contributed by atoms with E-state index in [0.29, 0.717) is 16.6 Å². The summed E-state index contributed by atoms with van der Waals surface area (Å²) in [5.41, 5.74) is 0.885. The van der Waals surface area contributed by atoms with Crippen molar-refractivity contribution in [3.05, 3.63) is 28.0 Å². The zero-order valence-electron chi connectivity index (χ0n) is 10.2. The van der Waals surface area contributed by atoms with Gasteiger partial charge in [-0.1, -0.05) is 0 Å². The molecule has 18 heavy (non-hydrogen) atoms. The summed E-state index contributed by atoms with van der Waals surface area (Å²) in [6.07, 6.45) is 0. The van der Waals surface area contributed by atoms with Crippen LogP contribution in [0.15, 0.2) is 16.6 Å². The fourth-order valence-corrected chi connectivity index (χ4v) is 2.74. The van der Waals surface area contributed by atoms with Crippen LogP contribution in [0.25, 0.3) is 0 Å². The maximum atomic E-state index is 13.3. The highest BCUT2D eigenvalue weighted by Crippen LogP contribution is 2.24. The summed E-state index contributed by atoms with van der Waals surface area (Å²) < 4.78 is 44.4. The molecule has 4 nitrogen and oxygen atoms in total. The summed E-state index contributed by atoms with van der Waals surface area (Å²) in [4.78, 5) is 0. The number of benzene rings is 1. The molecule has 7 heteroatoms. The minimum Gasteiger partial charge on any atom is -0.381 e. The van der Waals surface area contributed by atoms with Gasteiger partial charge in [-0.15, -0.1) is 0 Å². The van der Waals surface area contributed by atoms with Gasteiger partial charge in [-0.3, -0.25) is 4.72 Å². The molecule has 1 aromatic carbocycles.